The monoisotopic (exact) mass is 258 g/mol. The van der Waals surface area contributed by atoms with E-state index in [1.807, 2.05) is 18.2 Å². The minimum atomic E-state index is -0.0230. The number of rotatable bonds is 4. The standard InChI is InChI=1S/C16H22N2O/c1-2-16(8-5-9-16)11-18-15(19)13-10-17-14-7-4-3-6-12(13)14/h3-4,6-7,13,17H,2,5,8-11H2,1H3,(H,18,19). The predicted molar refractivity (Wildman–Crippen MR) is 77.3 cm³/mol. The van der Waals surface area contributed by atoms with Crippen LogP contribution >= 0.6 is 0 Å². The van der Waals surface area contributed by atoms with Gasteiger partial charge in [-0.3, -0.25) is 4.79 Å². The van der Waals surface area contributed by atoms with Crippen LogP contribution in [0.25, 0.3) is 0 Å². The molecule has 3 rings (SSSR count). The summed E-state index contributed by atoms with van der Waals surface area (Å²) in [7, 11) is 0. The molecule has 0 bridgehead atoms. The topological polar surface area (TPSA) is 41.1 Å². The highest BCUT2D eigenvalue weighted by molar-refractivity contribution is 5.88. The van der Waals surface area contributed by atoms with E-state index in [4.69, 9.17) is 0 Å². The first-order valence-corrected chi connectivity index (χ1v) is 7.35. The molecule has 1 atom stereocenters. The lowest BCUT2D eigenvalue weighted by Gasteiger charge is -2.41. The maximum absolute atomic E-state index is 12.4. The van der Waals surface area contributed by atoms with Gasteiger partial charge >= 0.3 is 0 Å². The Labute approximate surface area is 114 Å². The van der Waals surface area contributed by atoms with Crippen LogP contribution < -0.4 is 10.6 Å². The third-order valence-corrected chi connectivity index (χ3v) is 4.95. The molecule has 1 fully saturated rings. The molecule has 3 heteroatoms. The number of hydrogen-bond donors (Lipinski definition) is 2. The zero-order valence-electron chi connectivity index (χ0n) is 11.5. The van der Waals surface area contributed by atoms with Crippen LogP contribution in [0.1, 0.15) is 44.1 Å². The van der Waals surface area contributed by atoms with Crippen molar-refractivity contribution in [1.29, 1.82) is 0 Å². The number of nitrogens with one attached hydrogen (secondary N) is 2. The van der Waals surface area contributed by atoms with Crippen LogP contribution in [0.3, 0.4) is 0 Å². The highest BCUT2D eigenvalue weighted by Crippen LogP contribution is 2.43. The Balaban J connectivity index is 1.63. The largest absolute Gasteiger partial charge is 0.384 e. The van der Waals surface area contributed by atoms with Crippen LogP contribution in [0.15, 0.2) is 24.3 Å². The first-order valence-electron chi connectivity index (χ1n) is 7.35. The Morgan fingerprint density at radius 3 is 2.89 bits per heavy atom. The van der Waals surface area contributed by atoms with Crippen molar-refractivity contribution in [3.05, 3.63) is 29.8 Å². The van der Waals surface area contributed by atoms with E-state index in [0.717, 1.165) is 24.3 Å². The van der Waals surface area contributed by atoms with Crippen LogP contribution in [-0.2, 0) is 4.79 Å². The fraction of sp³-hybridized carbons (Fsp3) is 0.562. The van der Waals surface area contributed by atoms with Crippen LogP contribution in [-0.4, -0.2) is 19.0 Å². The molecule has 102 valence electrons. The third kappa shape index (κ3) is 2.22. The van der Waals surface area contributed by atoms with Gasteiger partial charge in [0.2, 0.25) is 5.91 Å². The van der Waals surface area contributed by atoms with Crippen LogP contribution in [0.5, 0.6) is 0 Å². The Morgan fingerprint density at radius 2 is 2.21 bits per heavy atom. The van der Waals surface area contributed by atoms with Crippen molar-refractivity contribution in [2.75, 3.05) is 18.4 Å². The molecular formula is C16H22N2O. The van der Waals surface area contributed by atoms with Gasteiger partial charge in [-0.15, -0.1) is 0 Å². The lowest BCUT2D eigenvalue weighted by atomic mass is 9.67. The molecule has 1 aliphatic heterocycles. The molecule has 1 aromatic rings. The molecule has 2 N–H and O–H groups in total. The molecule has 0 saturated heterocycles. The highest BCUT2D eigenvalue weighted by Gasteiger charge is 2.36. The van der Waals surface area contributed by atoms with Crippen LogP contribution in [0, 0.1) is 5.41 Å². The van der Waals surface area contributed by atoms with Crippen molar-refractivity contribution in [3.8, 4) is 0 Å². The molecule has 0 spiro atoms. The summed E-state index contributed by atoms with van der Waals surface area (Å²) in [6.45, 7) is 3.81. The number of anilines is 1. The normalized spacial score (nSPS) is 23.1. The fourth-order valence-electron chi connectivity index (χ4n) is 3.25. The number of amides is 1. The van der Waals surface area contributed by atoms with E-state index in [9.17, 15) is 4.79 Å². The molecule has 1 saturated carbocycles. The molecule has 0 aromatic heterocycles. The Kier molecular flexibility index (Phi) is 3.21. The predicted octanol–water partition coefficient (Wildman–Crippen LogP) is 2.89. The summed E-state index contributed by atoms with van der Waals surface area (Å²) in [5.41, 5.74) is 2.64. The third-order valence-electron chi connectivity index (χ3n) is 4.95. The van der Waals surface area contributed by atoms with E-state index in [1.165, 1.54) is 25.7 Å². The molecule has 19 heavy (non-hydrogen) atoms. The highest BCUT2D eigenvalue weighted by atomic mass is 16.1. The van der Waals surface area contributed by atoms with Crippen molar-refractivity contribution in [2.24, 2.45) is 5.41 Å². The van der Waals surface area contributed by atoms with E-state index in [2.05, 4.69) is 23.6 Å². The van der Waals surface area contributed by atoms with Crippen molar-refractivity contribution >= 4 is 11.6 Å². The number of hydrogen-bond acceptors (Lipinski definition) is 2. The van der Waals surface area contributed by atoms with Crippen molar-refractivity contribution in [2.45, 2.75) is 38.5 Å². The van der Waals surface area contributed by atoms with Crippen LogP contribution in [0.4, 0.5) is 5.69 Å². The van der Waals surface area contributed by atoms with Crippen molar-refractivity contribution in [3.63, 3.8) is 0 Å². The van der Waals surface area contributed by atoms with Crippen molar-refractivity contribution in [1.82, 2.24) is 5.32 Å². The minimum Gasteiger partial charge on any atom is -0.384 e. The molecule has 0 radical (unpaired) electrons. The number of carbonyl (C=O) groups excluding carboxylic acids is 1. The SMILES string of the molecule is CCC1(CNC(=O)C2CNc3ccccc32)CCC1. The molecule has 1 aliphatic carbocycles. The lowest BCUT2D eigenvalue weighted by molar-refractivity contribution is -0.123. The van der Waals surface area contributed by atoms with Gasteiger partial charge in [-0.1, -0.05) is 31.5 Å². The van der Waals surface area contributed by atoms with Gasteiger partial charge in [0.1, 0.15) is 0 Å². The Bertz CT molecular complexity index is 474. The molecule has 1 amide bonds. The zero-order valence-corrected chi connectivity index (χ0v) is 11.5. The van der Waals surface area contributed by atoms with Gasteiger partial charge in [0.15, 0.2) is 0 Å². The second-order valence-corrected chi connectivity index (χ2v) is 5.95. The van der Waals surface area contributed by atoms with Gasteiger partial charge in [0, 0.05) is 18.8 Å². The Hall–Kier alpha value is -1.51. The molecule has 2 aliphatic rings. The fourth-order valence-corrected chi connectivity index (χ4v) is 3.25. The number of carbonyl (C=O) groups is 1. The van der Waals surface area contributed by atoms with E-state index < -0.39 is 0 Å². The molecule has 1 unspecified atom stereocenters. The molecule has 1 heterocycles. The quantitative estimate of drug-likeness (QED) is 0.872. The smallest absolute Gasteiger partial charge is 0.229 e. The Morgan fingerprint density at radius 1 is 1.42 bits per heavy atom. The van der Waals surface area contributed by atoms with Gasteiger partial charge in [-0.25, -0.2) is 0 Å². The zero-order chi connectivity index (χ0) is 13.3. The second kappa shape index (κ2) is 4.87. The van der Waals surface area contributed by atoms with E-state index >= 15 is 0 Å². The molecule has 3 nitrogen and oxygen atoms in total. The summed E-state index contributed by atoms with van der Waals surface area (Å²) in [4.78, 5) is 12.4. The molecular weight excluding hydrogens is 236 g/mol. The maximum Gasteiger partial charge on any atom is 0.229 e. The van der Waals surface area contributed by atoms with E-state index in [-0.39, 0.29) is 11.8 Å². The average molecular weight is 258 g/mol. The van der Waals surface area contributed by atoms with Gasteiger partial charge in [0.25, 0.3) is 0 Å². The van der Waals surface area contributed by atoms with Gasteiger partial charge in [0.05, 0.1) is 5.92 Å². The van der Waals surface area contributed by atoms with Gasteiger partial charge in [-0.2, -0.15) is 0 Å². The summed E-state index contributed by atoms with van der Waals surface area (Å²) in [5, 5.41) is 6.49. The van der Waals surface area contributed by atoms with Crippen LogP contribution in [0.2, 0.25) is 0 Å². The van der Waals surface area contributed by atoms with Gasteiger partial charge < -0.3 is 10.6 Å². The number of fused-ring (bicyclic) bond motifs is 1. The summed E-state index contributed by atoms with van der Waals surface area (Å²) in [5.74, 6) is 0.155. The number of para-hydroxylation sites is 1. The average Bonchev–Trinajstić information content (AvgIpc) is 2.81. The second-order valence-electron chi connectivity index (χ2n) is 5.95. The summed E-state index contributed by atoms with van der Waals surface area (Å²) < 4.78 is 0. The first kappa shape index (κ1) is 12.5. The first-order chi connectivity index (χ1) is 9.24. The van der Waals surface area contributed by atoms with Gasteiger partial charge in [-0.05, 0) is 36.3 Å². The summed E-state index contributed by atoms with van der Waals surface area (Å²) in [6, 6.07) is 8.11. The molecule has 1 aromatic carbocycles. The van der Waals surface area contributed by atoms with E-state index in [1.54, 1.807) is 0 Å². The minimum absolute atomic E-state index is 0.0230. The van der Waals surface area contributed by atoms with Crippen molar-refractivity contribution < 1.29 is 4.79 Å². The lowest BCUT2D eigenvalue weighted by Crippen LogP contribution is -2.43. The summed E-state index contributed by atoms with van der Waals surface area (Å²) >= 11 is 0. The van der Waals surface area contributed by atoms with E-state index in [0.29, 0.717) is 5.41 Å². The number of benzene rings is 1. The maximum atomic E-state index is 12.4. The summed E-state index contributed by atoms with van der Waals surface area (Å²) in [6.07, 6.45) is 5.02.